The summed E-state index contributed by atoms with van der Waals surface area (Å²) in [6.07, 6.45) is 6.29. The fraction of sp³-hybridized carbons (Fsp3) is 0.400. The van der Waals surface area contributed by atoms with Gasteiger partial charge in [-0.3, -0.25) is 9.78 Å². The SMILES string of the molecule is CC1=C(c2nc(C(=O)Nc3cnccc3N3C[C@@H](C)C[C@@H](N)C3)ccc2F)[C@@H](F)[C@H](C)C=C1. The number of carbonyl (C=O) groups is 1. The number of carbonyl (C=O) groups excluding carboxylic acids is 1. The van der Waals surface area contributed by atoms with Gasteiger partial charge in [-0.25, -0.2) is 13.8 Å². The molecule has 2 aliphatic rings. The fourth-order valence-corrected chi connectivity index (χ4v) is 4.58. The summed E-state index contributed by atoms with van der Waals surface area (Å²) in [5.41, 5.74) is 8.17. The van der Waals surface area contributed by atoms with Crippen LogP contribution >= 0.6 is 0 Å². The van der Waals surface area contributed by atoms with E-state index in [2.05, 4.69) is 27.1 Å². The third-order valence-corrected chi connectivity index (χ3v) is 6.22. The normalized spacial score (nSPS) is 25.3. The summed E-state index contributed by atoms with van der Waals surface area (Å²) in [6, 6.07) is 4.34. The van der Waals surface area contributed by atoms with Crippen LogP contribution < -0.4 is 16.0 Å². The molecule has 174 valence electrons. The molecule has 4 rings (SSSR count). The van der Waals surface area contributed by atoms with Crippen molar-refractivity contribution in [1.29, 1.82) is 0 Å². The highest BCUT2D eigenvalue weighted by Crippen LogP contribution is 2.35. The van der Waals surface area contributed by atoms with E-state index in [4.69, 9.17) is 5.73 Å². The van der Waals surface area contributed by atoms with Crippen molar-refractivity contribution in [3.63, 3.8) is 0 Å². The van der Waals surface area contributed by atoms with Gasteiger partial charge in [0.05, 0.1) is 17.6 Å². The minimum atomic E-state index is -1.40. The van der Waals surface area contributed by atoms with Gasteiger partial charge in [0.25, 0.3) is 5.91 Å². The van der Waals surface area contributed by atoms with E-state index in [9.17, 15) is 13.6 Å². The summed E-state index contributed by atoms with van der Waals surface area (Å²) in [6.45, 7) is 7.07. The Morgan fingerprint density at radius 1 is 1.24 bits per heavy atom. The summed E-state index contributed by atoms with van der Waals surface area (Å²) in [7, 11) is 0. The number of nitrogens with one attached hydrogen (secondary N) is 1. The van der Waals surface area contributed by atoms with Gasteiger partial charge < -0.3 is 16.0 Å². The van der Waals surface area contributed by atoms with Crippen LogP contribution in [0.25, 0.3) is 5.57 Å². The second-order valence-electron chi connectivity index (χ2n) is 9.10. The number of hydrogen-bond acceptors (Lipinski definition) is 5. The summed E-state index contributed by atoms with van der Waals surface area (Å²) >= 11 is 0. The molecule has 0 spiro atoms. The number of alkyl halides is 1. The van der Waals surface area contributed by atoms with Gasteiger partial charge in [0, 0.05) is 36.8 Å². The highest BCUT2D eigenvalue weighted by molar-refractivity contribution is 6.04. The molecule has 1 amide bonds. The topological polar surface area (TPSA) is 84.1 Å². The molecule has 3 N–H and O–H groups in total. The molecule has 6 nitrogen and oxygen atoms in total. The molecule has 0 radical (unpaired) electrons. The van der Waals surface area contributed by atoms with Crippen LogP contribution in [0.15, 0.2) is 48.3 Å². The second-order valence-corrected chi connectivity index (χ2v) is 9.10. The van der Waals surface area contributed by atoms with Crippen LogP contribution in [0.3, 0.4) is 0 Å². The van der Waals surface area contributed by atoms with Gasteiger partial charge in [-0.1, -0.05) is 26.0 Å². The molecule has 3 heterocycles. The lowest BCUT2D eigenvalue weighted by Crippen LogP contribution is -2.46. The van der Waals surface area contributed by atoms with E-state index >= 15 is 0 Å². The molecule has 33 heavy (non-hydrogen) atoms. The molecular formula is C25H29F2N5O. The first-order valence-electron chi connectivity index (χ1n) is 11.2. The average molecular weight is 454 g/mol. The van der Waals surface area contributed by atoms with Gasteiger partial charge in [0.15, 0.2) is 0 Å². The minimum Gasteiger partial charge on any atom is -0.368 e. The third kappa shape index (κ3) is 4.80. The molecule has 0 saturated carbocycles. The number of rotatable bonds is 4. The predicted molar refractivity (Wildman–Crippen MR) is 126 cm³/mol. The smallest absolute Gasteiger partial charge is 0.274 e. The third-order valence-electron chi connectivity index (χ3n) is 6.22. The Kier molecular flexibility index (Phi) is 6.56. The maximum atomic E-state index is 14.9. The van der Waals surface area contributed by atoms with Crippen LogP contribution in [-0.2, 0) is 0 Å². The molecule has 0 bridgehead atoms. The zero-order valence-electron chi connectivity index (χ0n) is 19.1. The van der Waals surface area contributed by atoms with E-state index in [-0.39, 0.29) is 23.0 Å². The number of piperidine rings is 1. The summed E-state index contributed by atoms with van der Waals surface area (Å²) in [5, 5.41) is 2.84. The first-order valence-corrected chi connectivity index (χ1v) is 11.2. The van der Waals surface area contributed by atoms with Gasteiger partial charge in [-0.15, -0.1) is 0 Å². The van der Waals surface area contributed by atoms with Gasteiger partial charge in [-0.05, 0) is 43.0 Å². The van der Waals surface area contributed by atoms with E-state index in [1.807, 2.05) is 6.07 Å². The van der Waals surface area contributed by atoms with Crippen LogP contribution in [0, 0.1) is 17.7 Å². The zero-order valence-corrected chi connectivity index (χ0v) is 19.1. The number of amides is 1. The lowest BCUT2D eigenvalue weighted by molar-refractivity contribution is 0.102. The van der Waals surface area contributed by atoms with Gasteiger partial charge in [-0.2, -0.15) is 0 Å². The number of aromatic nitrogens is 2. The van der Waals surface area contributed by atoms with Crippen molar-refractivity contribution in [3.8, 4) is 0 Å². The molecule has 0 unspecified atom stereocenters. The standard InChI is InChI=1S/C25H29F2N5O/c1-14-10-17(28)13-32(12-14)21-8-9-29-11-20(21)31-25(33)19-7-6-18(26)24(30-19)22-15(2)4-5-16(3)23(22)27/h4-9,11,14,16-17,23H,10,12-13,28H2,1-3H3,(H,31,33)/t14-,16+,17+,23-/m0/s1. The molecule has 2 aromatic heterocycles. The van der Waals surface area contributed by atoms with E-state index in [1.165, 1.54) is 6.07 Å². The summed E-state index contributed by atoms with van der Waals surface area (Å²) in [5.74, 6) is -1.17. The Hall–Kier alpha value is -3.13. The van der Waals surface area contributed by atoms with Crippen molar-refractivity contribution in [3.05, 3.63) is 65.5 Å². The number of nitrogens with two attached hydrogens (primary N) is 1. The zero-order chi connectivity index (χ0) is 23.7. The van der Waals surface area contributed by atoms with Crippen molar-refractivity contribution >= 4 is 22.9 Å². The summed E-state index contributed by atoms with van der Waals surface area (Å²) < 4.78 is 29.6. The molecule has 0 aromatic carbocycles. The average Bonchev–Trinajstić information content (AvgIpc) is 2.77. The van der Waals surface area contributed by atoms with Crippen molar-refractivity contribution in [1.82, 2.24) is 9.97 Å². The molecule has 8 heteroatoms. The maximum absolute atomic E-state index is 14.9. The van der Waals surface area contributed by atoms with Crippen LogP contribution in [-0.4, -0.2) is 41.2 Å². The molecule has 4 atom stereocenters. The Morgan fingerprint density at radius 2 is 2.03 bits per heavy atom. The number of hydrogen-bond donors (Lipinski definition) is 2. The van der Waals surface area contributed by atoms with Crippen LogP contribution in [0.1, 0.15) is 43.4 Å². The molecule has 1 aliphatic carbocycles. The van der Waals surface area contributed by atoms with Gasteiger partial charge in [0.2, 0.25) is 0 Å². The van der Waals surface area contributed by atoms with Crippen molar-refractivity contribution in [2.45, 2.75) is 39.4 Å². The van der Waals surface area contributed by atoms with E-state index in [0.29, 0.717) is 23.7 Å². The van der Waals surface area contributed by atoms with Gasteiger partial charge >= 0.3 is 0 Å². The predicted octanol–water partition coefficient (Wildman–Crippen LogP) is 4.36. The Labute approximate surface area is 192 Å². The van der Waals surface area contributed by atoms with E-state index in [0.717, 1.165) is 24.7 Å². The highest BCUT2D eigenvalue weighted by Gasteiger charge is 2.29. The van der Waals surface area contributed by atoms with E-state index in [1.54, 1.807) is 38.4 Å². The summed E-state index contributed by atoms with van der Waals surface area (Å²) in [4.78, 5) is 23.6. The molecule has 1 saturated heterocycles. The quantitative estimate of drug-likeness (QED) is 0.719. The first-order chi connectivity index (χ1) is 15.7. The second kappa shape index (κ2) is 9.39. The van der Waals surface area contributed by atoms with Crippen molar-refractivity contribution in [2.75, 3.05) is 23.3 Å². The number of pyridine rings is 2. The maximum Gasteiger partial charge on any atom is 0.274 e. The lowest BCUT2D eigenvalue weighted by Gasteiger charge is -2.37. The molecule has 1 fully saturated rings. The highest BCUT2D eigenvalue weighted by atomic mass is 19.1. The molecular weight excluding hydrogens is 424 g/mol. The van der Waals surface area contributed by atoms with Crippen LogP contribution in [0.5, 0.6) is 0 Å². The molecule has 2 aromatic rings. The van der Waals surface area contributed by atoms with Crippen molar-refractivity contribution in [2.24, 2.45) is 17.6 Å². The number of halogens is 2. The van der Waals surface area contributed by atoms with Crippen molar-refractivity contribution < 1.29 is 13.6 Å². The Bertz CT molecular complexity index is 1110. The number of nitrogens with zero attached hydrogens (tertiary/aromatic N) is 3. The largest absolute Gasteiger partial charge is 0.368 e. The number of allylic oxidation sites excluding steroid dienone is 4. The minimum absolute atomic E-state index is 0.000349. The number of anilines is 2. The fourth-order valence-electron chi connectivity index (χ4n) is 4.58. The lowest BCUT2D eigenvalue weighted by atomic mass is 9.87. The van der Waals surface area contributed by atoms with Crippen LogP contribution in [0.4, 0.5) is 20.2 Å². The van der Waals surface area contributed by atoms with Gasteiger partial charge in [0.1, 0.15) is 23.4 Å². The van der Waals surface area contributed by atoms with Crippen LogP contribution in [0.2, 0.25) is 0 Å². The Morgan fingerprint density at radius 3 is 2.79 bits per heavy atom. The first kappa shape index (κ1) is 23.0. The Balaban J connectivity index is 1.62. The van der Waals surface area contributed by atoms with E-state index < -0.39 is 23.8 Å². The monoisotopic (exact) mass is 453 g/mol. The molecule has 1 aliphatic heterocycles.